The van der Waals surface area contributed by atoms with Crippen LogP contribution in [0.4, 0.5) is 0 Å². The number of halogens is 12. The minimum Gasteiger partial charge on any atom is -0.854 e. The molecule has 0 aliphatic carbocycles. The van der Waals surface area contributed by atoms with E-state index in [0.29, 0.717) is 25.7 Å². The van der Waals surface area contributed by atoms with Crippen LogP contribution in [0.1, 0.15) is 51.4 Å². The Morgan fingerprint density at radius 3 is 0.485 bits per heavy atom. The van der Waals surface area contributed by atoms with Gasteiger partial charge in [0, 0.05) is 0 Å². The first kappa shape index (κ1) is 49.0. The summed E-state index contributed by atoms with van der Waals surface area (Å²) in [5, 5.41) is 39.7. The van der Waals surface area contributed by atoms with Crippen LogP contribution in [0.15, 0.2) is 0 Å². The molecular weight excluding hydrogens is 1260 g/mol. The molecule has 33 heavy (non-hydrogen) atoms. The topological polar surface area (TPSA) is 92.2 Å². The third-order valence-electron chi connectivity index (χ3n) is 2.42. The van der Waals surface area contributed by atoms with Crippen LogP contribution in [0.3, 0.4) is 0 Å². The molecule has 0 unspecified atom stereocenters. The maximum Gasteiger partial charge on any atom is 4.00 e. The van der Waals surface area contributed by atoms with Crippen LogP contribution in [0, 0.1) is 0 Å². The standard InChI is InChI=1S/4C4H6Br3O.Ti/c4*5-4(6,7)2-1-3-8;/h4*1-3H2;/q4*-1;+4. The molecule has 0 saturated heterocycles. The quantitative estimate of drug-likeness (QED) is 0.183. The van der Waals surface area contributed by atoms with Gasteiger partial charge in [-0.2, -0.15) is 0 Å². The zero-order valence-corrected chi connectivity index (χ0v) is 37.7. The molecule has 0 amide bonds. The van der Waals surface area contributed by atoms with Gasteiger partial charge in [-0.1, -0.05) is 217 Å². The average molecular weight is 1290 g/mol. The van der Waals surface area contributed by atoms with Gasteiger partial charge >= 0.3 is 21.7 Å². The zero-order valence-electron chi connectivity index (χ0n) is 17.2. The molecule has 0 aromatic heterocycles. The van der Waals surface area contributed by atoms with Gasteiger partial charge in [0.05, 0.1) is 0 Å². The molecule has 4 nitrogen and oxygen atoms in total. The van der Waals surface area contributed by atoms with Gasteiger partial charge in [0.1, 0.15) is 8.57 Å². The molecule has 0 heterocycles. The molecule has 200 valence electrons. The van der Waals surface area contributed by atoms with Crippen molar-refractivity contribution in [3.8, 4) is 0 Å². The van der Waals surface area contributed by atoms with E-state index in [4.69, 9.17) is 0 Å². The largest absolute Gasteiger partial charge is 4.00 e. The van der Waals surface area contributed by atoms with Gasteiger partial charge in [0.2, 0.25) is 0 Å². The zero-order chi connectivity index (χ0) is 26.5. The predicted molar refractivity (Wildman–Crippen MR) is 174 cm³/mol. The van der Waals surface area contributed by atoms with Crippen LogP contribution in [0.5, 0.6) is 0 Å². The molecule has 17 heteroatoms. The SMILES string of the molecule is [O-]CCCC(Br)(Br)Br.[O-]CCCC(Br)(Br)Br.[O-]CCCC(Br)(Br)Br.[O-]CCCC(Br)(Br)Br.[Ti+4]. The van der Waals surface area contributed by atoms with Crippen molar-refractivity contribution >= 4 is 191 Å². The Bertz CT molecular complexity index is 314. The Kier molecular flexibility index (Phi) is 44.3. The Labute approximate surface area is 314 Å². The van der Waals surface area contributed by atoms with Crippen molar-refractivity contribution in [2.75, 3.05) is 26.4 Å². The molecule has 0 aromatic rings. The summed E-state index contributed by atoms with van der Waals surface area (Å²) in [4.78, 5) is 0. The van der Waals surface area contributed by atoms with Gasteiger partial charge in [-0.15, -0.1) is 26.4 Å². The molecule has 0 fully saturated rings. The van der Waals surface area contributed by atoms with E-state index in [0.717, 1.165) is 25.7 Å². The fourth-order valence-corrected chi connectivity index (χ4v) is 4.45. The van der Waals surface area contributed by atoms with Crippen LogP contribution < -0.4 is 20.4 Å². The van der Waals surface area contributed by atoms with E-state index in [1.54, 1.807) is 0 Å². The van der Waals surface area contributed by atoms with Gasteiger partial charge in [0.15, 0.2) is 0 Å². The monoisotopic (exact) mass is 1280 g/mol. The second-order valence-corrected chi connectivity index (χ2v) is 34.7. The van der Waals surface area contributed by atoms with E-state index in [1.165, 1.54) is 0 Å². The molecule has 0 bridgehead atoms. The fraction of sp³-hybridized carbons (Fsp3) is 1.00. The first-order chi connectivity index (χ1) is 14.2. The van der Waals surface area contributed by atoms with E-state index in [-0.39, 0.29) is 56.7 Å². The van der Waals surface area contributed by atoms with E-state index in [9.17, 15) is 20.4 Å². The van der Waals surface area contributed by atoms with Crippen molar-refractivity contribution in [2.45, 2.75) is 59.9 Å². The van der Waals surface area contributed by atoms with Gasteiger partial charge in [-0.05, 0) is 25.7 Å². The summed E-state index contributed by atoms with van der Waals surface area (Å²) in [7, 11) is 0. The Morgan fingerprint density at radius 1 is 0.333 bits per heavy atom. The minimum absolute atomic E-state index is 0. The predicted octanol–water partition coefficient (Wildman–Crippen LogP) is 7.86. The number of hydrogen-bond donors (Lipinski definition) is 0. The van der Waals surface area contributed by atoms with Gasteiger partial charge in [0.25, 0.3) is 0 Å². The Hall–Kier alpha value is 6.31. The van der Waals surface area contributed by atoms with Crippen LogP contribution in [0.25, 0.3) is 0 Å². The summed E-state index contributed by atoms with van der Waals surface area (Å²) >= 11 is 39.3. The number of rotatable bonds is 8. The van der Waals surface area contributed by atoms with Crippen LogP contribution in [0.2, 0.25) is 0 Å². The molecule has 0 radical (unpaired) electrons. The first-order valence-electron chi connectivity index (χ1n) is 8.84. The summed E-state index contributed by atoms with van der Waals surface area (Å²) in [5.74, 6) is 0. The first-order valence-corrected chi connectivity index (χ1v) is 18.4. The van der Waals surface area contributed by atoms with E-state index < -0.39 is 0 Å². The number of hydrogen-bond acceptors (Lipinski definition) is 4. The smallest absolute Gasteiger partial charge is 0.854 e. The second kappa shape index (κ2) is 29.8. The average Bonchev–Trinajstić information content (AvgIpc) is 2.60. The molecule has 0 spiro atoms. The molecule has 0 saturated carbocycles. The van der Waals surface area contributed by atoms with E-state index in [2.05, 4.69) is 191 Å². The van der Waals surface area contributed by atoms with Crippen molar-refractivity contribution in [2.24, 2.45) is 0 Å². The summed E-state index contributed by atoms with van der Waals surface area (Å²) in [6, 6.07) is 0. The third kappa shape index (κ3) is 73.0. The third-order valence-corrected chi connectivity index (χ3v) is 7.18. The number of alkyl halides is 12. The molecule has 0 aromatic carbocycles. The van der Waals surface area contributed by atoms with Crippen molar-refractivity contribution in [1.82, 2.24) is 0 Å². The summed E-state index contributed by atoms with van der Waals surface area (Å²) < 4.78 is -0.844. The minimum atomic E-state index is -0.211. The molecule has 0 aliphatic rings. The van der Waals surface area contributed by atoms with Gasteiger partial charge in [-0.3, -0.25) is 0 Å². The van der Waals surface area contributed by atoms with Crippen LogP contribution in [-0.2, 0) is 21.7 Å². The molecule has 0 N–H and O–H groups in total. The van der Waals surface area contributed by atoms with Crippen LogP contribution in [-0.4, -0.2) is 35.0 Å². The second-order valence-electron chi connectivity index (χ2n) is 5.69. The summed E-state index contributed by atoms with van der Waals surface area (Å²) in [6.07, 6.45) is 5.94. The van der Waals surface area contributed by atoms with Crippen LogP contribution >= 0.6 is 191 Å². The van der Waals surface area contributed by atoms with Crippen molar-refractivity contribution in [3.63, 3.8) is 0 Å². The van der Waals surface area contributed by atoms with Crippen molar-refractivity contribution in [1.29, 1.82) is 0 Å². The van der Waals surface area contributed by atoms with E-state index >= 15 is 0 Å². The summed E-state index contributed by atoms with van der Waals surface area (Å²) in [6.45, 7) is -0.0375. The van der Waals surface area contributed by atoms with Gasteiger partial charge < -0.3 is 20.4 Å². The maximum absolute atomic E-state index is 9.91. The fourth-order valence-electron chi connectivity index (χ4n) is 1.09. The van der Waals surface area contributed by atoms with E-state index in [1.807, 2.05) is 0 Å². The molecule has 0 atom stereocenters. The summed E-state index contributed by atoms with van der Waals surface area (Å²) in [5.41, 5.74) is 0. The molecular formula is C16H24Br12O4Ti. The van der Waals surface area contributed by atoms with Crippen molar-refractivity contribution < 1.29 is 42.1 Å². The Morgan fingerprint density at radius 2 is 0.455 bits per heavy atom. The van der Waals surface area contributed by atoms with Gasteiger partial charge in [-0.25, -0.2) is 0 Å². The normalized spacial score (nSPS) is 11.6. The molecule has 0 rings (SSSR count). The molecule has 0 aliphatic heterocycles. The van der Waals surface area contributed by atoms with Crippen molar-refractivity contribution in [3.05, 3.63) is 0 Å². The Balaban J connectivity index is -0.000000105. The maximum atomic E-state index is 9.91.